The molecule has 0 aliphatic carbocycles. The third kappa shape index (κ3) is 9.47. The van der Waals surface area contributed by atoms with E-state index in [0.717, 1.165) is 12.8 Å². The molecule has 0 aromatic rings. The Hall–Kier alpha value is -0.830. The molecule has 2 N–H and O–H groups in total. The standard InChI is InChI=1S/C12H23NO2/c1-10(2)5-4-6-11(3)9-12(15)13-7-8-14/h5,11,14H,4,6-9H2,1-3H3,(H,13,15). The molecule has 0 radical (unpaired) electrons. The molecule has 0 rings (SSSR count). The second-order valence-electron chi connectivity index (χ2n) is 4.24. The van der Waals surface area contributed by atoms with Crippen LogP contribution in [0.5, 0.6) is 0 Å². The maximum Gasteiger partial charge on any atom is 0.220 e. The van der Waals surface area contributed by atoms with E-state index >= 15 is 0 Å². The molecule has 0 spiro atoms. The van der Waals surface area contributed by atoms with Crippen LogP contribution in [0.4, 0.5) is 0 Å². The summed E-state index contributed by atoms with van der Waals surface area (Å²) in [6, 6.07) is 0. The lowest BCUT2D eigenvalue weighted by molar-refractivity contribution is -0.122. The predicted octanol–water partition coefficient (Wildman–Crippen LogP) is 1.87. The van der Waals surface area contributed by atoms with E-state index in [1.807, 2.05) is 0 Å². The van der Waals surface area contributed by atoms with Crippen LogP contribution in [-0.2, 0) is 4.79 Å². The summed E-state index contributed by atoms with van der Waals surface area (Å²) in [5, 5.41) is 11.2. The molecule has 1 amide bonds. The van der Waals surface area contributed by atoms with Crippen molar-refractivity contribution >= 4 is 5.91 Å². The molecular weight excluding hydrogens is 190 g/mol. The van der Waals surface area contributed by atoms with Crippen LogP contribution < -0.4 is 5.32 Å². The summed E-state index contributed by atoms with van der Waals surface area (Å²) in [6.07, 6.45) is 4.83. The van der Waals surface area contributed by atoms with Crippen molar-refractivity contribution in [1.82, 2.24) is 5.32 Å². The van der Waals surface area contributed by atoms with Gasteiger partial charge in [0.05, 0.1) is 6.61 Å². The summed E-state index contributed by atoms with van der Waals surface area (Å²) in [5.41, 5.74) is 1.33. The van der Waals surface area contributed by atoms with Gasteiger partial charge in [-0.1, -0.05) is 18.6 Å². The molecule has 0 aromatic heterocycles. The molecule has 88 valence electrons. The lowest BCUT2D eigenvalue weighted by Gasteiger charge is -2.09. The quantitative estimate of drug-likeness (QED) is 0.634. The van der Waals surface area contributed by atoms with Gasteiger partial charge in [0.25, 0.3) is 0 Å². The van der Waals surface area contributed by atoms with Crippen molar-refractivity contribution in [2.45, 2.75) is 40.0 Å². The highest BCUT2D eigenvalue weighted by molar-refractivity contribution is 5.76. The maximum absolute atomic E-state index is 11.3. The van der Waals surface area contributed by atoms with E-state index in [4.69, 9.17) is 5.11 Å². The average molecular weight is 213 g/mol. The second kappa shape index (κ2) is 8.48. The Kier molecular flexibility index (Phi) is 8.01. The maximum atomic E-state index is 11.3. The van der Waals surface area contributed by atoms with Gasteiger partial charge >= 0.3 is 0 Å². The van der Waals surface area contributed by atoms with Crippen molar-refractivity contribution < 1.29 is 9.90 Å². The molecule has 0 fully saturated rings. The summed E-state index contributed by atoms with van der Waals surface area (Å²) in [5.74, 6) is 0.438. The monoisotopic (exact) mass is 213 g/mol. The van der Waals surface area contributed by atoms with Crippen LogP contribution in [0.1, 0.15) is 40.0 Å². The first-order chi connectivity index (χ1) is 7.06. The number of hydrogen-bond donors (Lipinski definition) is 2. The Bertz CT molecular complexity index is 208. The Morgan fingerprint density at radius 2 is 2.13 bits per heavy atom. The first kappa shape index (κ1) is 14.2. The van der Waals surface area contributed by atoms with E-state index in [1.54, 1.807) is 0 Å². The molecular formula is C12H23NO2. The van der Waals surface area contributed by atoms with Crippen LogP contribution in [0.3, 0.4) is 0 Å². The first-order valence-corrected chi connectivity index (χ1v) is 5.57. The van der Waals surface area contributed by atoms with Crippen molar-refractivity contribution in [3.05, 3.63) is 11.6 Å². The van der Waals surface area contributed by atoms with Crippen LogP contribution in [-0.4, -0.2) is 24.2 Å². The summed E-state index contributed by atoms with van der Waals surface area (Å²) in [7, 11) is 0. The number of aliphatic hydroxyl groups excluding tert-OH is 1. The lowest BCUT2D eigenvalue weighted by atomic mass is 10.0. The highest BCUT2D eigenvalue weighted by Crippen LogP contribution is 2.11. The van der Waals surface area contributed by atoms with E-state index in [9.17, 15) is 4.79 Å². The highest BCUT2D eigenvalue weighted by atomic mass is 16.3. The van der Waals surface area contributed by atoms with E-state index in [2.05, 4.69) is 32.2 Å². The number of rotatable bonds is 7. The molecule has 0 saturated carbocycles. The number of carbonyl (C=O) groups is 1. The van der Waals surface area contributed by atoms with Crippen LogP contribution in [0, 0.1) is 5.92 Å². The zero-order valence-corrected chi connectivity index (χ0v) is 10.0. The number of allylic oxidation sites excluding steroid dienone is 2. The summed E-state index contributed by atoms with van der Waals surface area (Å²) in [6.45, 7) is 6.62. The van der Waals surface area contributed by atoms with Crippen molar-refractivity contribution in [3.8, 4) is 0 Å². The van der Waals surface area contributed by atoms with Crippen LogP contribution >= 0.6 is 0 Å². The van der Waals surface area contributed by atoms with Crippen LogP contribution in [0.2, 0.25) is 0 Å². The highest BCUT2D eigenvalue weighted by Gasteiger charge is 2.07. The third-order valence-electron chi connectivity index (χ3n) is 2.18. The van der Waals surface area contributed by atoms with E-state index < -0.39 is 0 Å². The first-order valence-electron chi connectivity index (χ1n) is 5.57. The Morgan fingerprint density at radius 3 is 2.67 bits per heavy atom. The van der Waals surface area contributed by atoms with Gasteiger partial charge in [-0.25, -0.2) is 0 Å². The second-order valence-corrected chi connectivity index (χ2v) is 4.24. The fourth-order valence-electron chi connectivity index (χ4n) is 1.34. The molecule has 0 saturated heterocycles. The Balaban J connectivity index is 3.59. The molecule has 0 bridgehead atoms. The molecule has 0 aliphatic heterocycles. The molecule has 3 heteroatoms. The zero-order valence-electron chi connectivity index (χ0n) is 10.0. The zero-order chi connectivity index (χ0) is 11.7. The van der Waals surface area contributed by atoms with E-state index in [0.29, 0.717) is 18.9 Å². The Labute approximate surface area is 92.6 Å². The van der Waals surface area contributed by atoms with Gasteiger partial charge in [0.15, 0.2) is 0 Å². The molecule has 1 unspecified atom stereocenters. The fourth-order valence-corrected chi connectivity index (χ4v) is 1.34. The SMILES string of the molecule is CC(C)=CCCC(C)CC(=O)NCCO. The average Bonchev–Trinajstić information content (AvgIpc) is 2.14. The van der Waals surface area contributed by atoms with E-state index in [-0.39, 0.29) is 12.5 Å². The predicted molar refractivity (Wildman–Crippen MR) is 62.5 cm³/mol. The van der Waals surface area contributed by atoms with Gasteiger partial charge in [-0.05, 0) is 32.6 Å². The fraction of sp³-hybridized carbons (Fsp3) is 0.750. The molecule has 0 heterocycles. The summed E-state index contributed by atoms with van der Waals surface area (Å²) >= 11 is 0. The van der Waals surface area contributed by atoms with Gasteiger partial charge in [-0.3, -0.25) is 4.79 Å². The molecule has 3 nitrogen and oxygen atoms in total. The van der Waals surface area contributed by atoms with Crippen molar-refractivity contribution in [2.75, 3.05) is 13.2 Å². The van der Waals surface area contributed by atoms with Crippen molar-refractivity contribution in [2.24, 2.45) is 5.92 Å². The third-order valence-corrected chi connectivity index (χ3v) is 2.18. The van der Waals surface area contributed by atoms with E-state index in [1.165, 1.54) is 5.57 Å². The molecule has 0 aromatic carbocycles. The van der Waals surface area contributed by atoms with Gasteiger partial charge in [-0.15, -0.1) is 0 Å². The Morgan fingerprint density at radius 1 is 1.47 bits per heavy atom. The van der Waals surface area contributed by atoms with Gasteiger partial charge in [-0.2, -0.15) is 0 Å². The van der Waals surface area contributed by atoms with Crippen molar-refractivity contribution in [3.63, 3.8) is 0 Å². The summed E-state index contributed by atoms with van der Waals surface area (Å²) < 4.78 is 0. The van der Waals surface area contributed by atoms with Gasteiger partial charge in [0.1, 0.15) is 0 Å². The van der Waals surface area contributed by atoms with Gasteiger partial charge in [0.2, 0.25) is 5.91 Å². The lowest BCUT2D eigenvalue weighted by Crippen LogP contribution is -2.27. The molecule has 0 aliphatic rings. The number of carbonyl (C=O) groups excluding carboxylic acids is 1. The molecule has 15 heavy (non-hydrogen) atoms. The van der Waals surface area contributed by atoms with Gasteiger partial charge < -0.3 is 10.4 Å². The smallest absolute Gasteiger partial charge is 0.220 e. The number of aliphatic hydroxyl groups is 1. The minimum Gasteiger partial charge on any atom is -0.395 e. The largest absolute Gasteiger partial charge is 0.395 e. The number of amides is 1. The normalized spacial score (nSPS) is 12.0. The van der Waals surface area contributed by atoms with Crippen molar-refractivity contribution in [1.29, 1.82) is 0 Å². The van der Waals surface area contributed by atoms with Crippen LogP contribution in [0.25, 0.3) is 0 Å². The minimum atomic E-state index is 0.0118. The minimum absolute atomic E-state index is 0.0118. The van der Waals surface area contributed by atoms with Gasteiger partial charge in [0, 0.05) is 13.0 Å². The number of hydrogen-bond acceptors (Lipinski definition) is 2. The van der Waals surface area contributed by atoms with Crippen LogP contribution in [0.15, 0.2) is 11.6 Å². The number of nitrogens with one attached hydrogen (secondary N) is 1. The topological polar surface area (TPSA) is 49.3 Å². The molecule has 1 atom stereocenters. The summed E-state index contributed by atoms with van der Waals surface area (Å²) in [4.78, 5) is 11.3.